The fourth-order valence-electron chi connectivity index (χ4n) is 2.87. The Balaban J connectivity index is 1.90. The third-order valence-electron chi connectivity index (χ3n) is 4.48. The van der Waals surface area contributed by atoms with Crippen LogP contribution < -0.4 is 32.5 Å². The van der Waals surface area contributed by atoms with E-state index in [2.05, 4.69) is 15.4 Å². The highest BCUT2D eigenvalue weighted by Crippen LogP contribution is 2.30. The number of rotatable bonds is 8. The van der Waals surface area contributed by atoms with Gasteiger partial charge in [0.25, 0.3) is 0 Å². The van der Waals surface area contributed by atoms with E-state index in [1.165, 1.54) is 23.5 Å². The number of aromatic nitrogens is 1. The van der Waals surface area contributed by atoms with Gasteiger partial charge < -0.3 is 21.6 Å². The molecule has 0 radical (unpaired) electrons. The zero-order valence-electron chi connectivity index (χ0n) is 16.8. The lowest BCUT2D eigenvalue weighted by atomic mass is 10.1. The number of hydrogen-bond donors (Lipinski definition) is 4. The molecule has 0 saturated heterocycles. The summed E-state index contributed by atoms with van der Waals surface area (Å²) in [6.07, 6.45) is 2.23. The van der Waals surface area contributed by atoms with Gasteiger partial charge in [-0.3, -0.25) is 5.01 Å². The van der Waals surface area contributed by atoms with E-state index in [0.29, 0.717) is 13.0 Å². The summed E-state index contributed by atoms with van der Waals surface area (Å²) in [6.45, 7) is 0.922. The summed E-state index contributed by atoms with van der Waals surface area (Å²) in [5.41, 5.74) is 7.64. The molecule has 0 atom stereocenters. The number of nitrogens with one attached hydrogen (secondary N) is 1. The Bertz CT molecular complexity index is 1060. The molecule has 3 rings (SSSR count). The fraction of sp³-hybridized carbons (Fsp3) is 0.200. The maximum atomic E-state index is 14.8. The summed E-state index contributed by atoms with van der Waals surface area (Å²) >= 11 is 1.52. The normalized spacial score (nSPS) is 11.5. The largest absolute Gasteiger partial charge is 0.490 e. The van der Waals surface area contributed by atoms with Gasteiger partial charge in [-0.2, -0.15) is 20.8 Å². The molecule has 11 heteroatoms. The molecule has 0 amide bonds. The van der Waals surface area contributed by atoms with Gasteiger partial charge in [-0.15, -0.1) is 0 Å². The van der Waals surface area contributed by atoms with Crippen molar-refractivity contribution < 1.29 is 13.5 Å². The third-order valence-corrected chi connectivity index (χ3v) is 5.16. The molecule has 7 N–H and O–H groups in total. The number of ether oxygens (including phenoxy) is 1. The van der Waals surface area contributed by atoms with Crippen molar-refractivity contribution >= 4 is 28.7 Å². The second-order valence-electron chi connectivity index (χ2n) is 6.51. The maximum Gasteiger partial charge on any atom is 0.202 e. The number of benzene rings is 1. The summed E-state index contributed by atoms with van der Waals surface area (Å²) in [7, 11) is 1.79. The number of thiophene rings is 1. The summed E-state index contributed by atoms with van der Waals surface area (Å²) < 4.78 is 34.6. The number of amidine groups is 1. The zero-order valence-corrected chi connectivity index (χ0v) is 17.6. The molecular weight excluding hydrogens is 424 g/mol. The van der Waals surface area contributed by atoms with Crippen molar-refractivity contribution in [3.63, 3.8) is 0 Å². The second-order valence-corrected chi connectivity index (χ2v) is 7.29. The first-order valence-electron chi connectivity index (χ1n) is 9.34. The Morgan fingerprint density at radius 1 is 1.26 bits per heavy atom. The van der Waals surface area contributed by atoms with Crippen LogP contribution in [0.1, 0.15) is 12.0 Å². The fourth-order valence-corrected chi connectivity index (χ4v) is 3.53. The van der Waals surface area contributed by atoms with Crippen molar-refractivity contribution in [2.45, 2.75) is 6.42 Å². The van der Waals surface area contributed by atoms with Crippen LogP contribution >= 0.6 is 11.3 Å². The summed E-state index contributed by atoms with van der Waals surface area (Å²) in [6, 6.07) is 6.17. The monoisotopic (exact) mass is 447 g/mol. The molecule has 2 aromatic heterocycles. The number of halogens is 2. The molecule has 1 aromatic carbocycles. The minimum absolute atomic E-state index is 0.0805. The lowest BCUT2D eigenvalue weighted by Crippen LogP contribution is -2.40. The summed E-state index contributed by atoms with van der Waals surface area (Å²) in [4.78, 5) is 4.15. The molecule has 0 aliphatic carbocycles. The van der Waals surface area contributed by atoms with Gasteiger partial charge in [-0.1, -0.05) is 0 Å². The Hall–Kier alpha value is -3.28. The maximum absolute atomic E-state index is 14.8. The highest BCUT2D eigenvalue weighted by molar-refractivity contribution is 7.08. The van der Waals surface area contributed by atoms with Crippen molar-refractivity contribution in [2.75, 3.05) is 30.9 Å². The molecular formula is C20H23F2N7OS. The minimum Gasteiger partial charge on any atom is -0.490 e. The first-order valence-corrected chi connectivity index (χ1v) is 10.3. The first kappa shape index (κ1) is 22.4. The molecule has 0 fully saturated rings. The van der Waals surface area contributed by atoms with Gasteiger partial charge >= 0.3 is 0 Å². The average molecular weight is 448 g/mol. The quantitative estimate of drug-likeness (QED) is 0.137. The van der Waals surface area contributed by atoms with Gasteiger partial charge in [0.2, 0.25) is 5.82 Å². The Morgan fingerprint density at radius 3 is 2.74 bits per heavy atom. The molecule has 31 heavy (non-hydrogen) atoms. The van der Waals surface area contributed by atoms with E-state index >= 15 is 0 Å². The van der Waals surface area contributed by atoms with Gasteiger partial charge in [0, 0.05) is 11.8 Å². The Kier molecular flexibility index (Phi) is 7.34. The second kappa shape index (κ2) is 10.2. The van der Waals surface area contributed by atoms with E-state index in [0.717, 1.165) is 16.1 Å². The number of pyridine rings is 1. The Morgan fingerprint density at radius 2 is 2.06 bits per heavy atom. The van der Waals surface area contributed by atoms with Crippen LogP contribution in [0.2, 0.25) is 0 Å². The average Bonchev–Trinajstić information content (AvgIpc) is 3.30. The zero-order chi connectivity index (χ0) is 22.4. The van der Waals surface area contributed by atoms with Crippen molar-refractivity contribution in [1.82, 2.24) is 10.3 Å². The number of hydrazone groups is 1. The van der Waals surface area contributed by atoms with Crippen LogP contribution in [0.3, 0.4) is 0 Å². The van der Waals surface area contributed by atoms with E-state index in [-0.39, 0.29) is 35.3 Å². The van der Waals surface area contributed by atoms with Gasteiger partial charge in [-0.05, 0) is 60.6 Å². The molecule has 0 aliphatic heterocycles. The van der Waals surface area contributed by atoms with E-state index in [1.807, 2.05) is 16.8 Å². The van der Waals surface area contributed by atoms with Gasteiger partial charge in [0.05, 0.1) is 17.9 Å². The third kappa shape index (κ3) is 4.90. The summed E-state index contributed by atoms with van der Waals surface area (Å²) in [5.74, 6) is 9.03. The van der Waals surface area contributed by atoms with Crippen LogP contribution in [0.15, 0.2) is 46.3 Å². The van der Waals surface area contributed by atoms with Crippen LogP contribution in [0.5, 0.6) is 5.75 Å². The molecule has 0 spiro atoms. The van der Waals surface area contributed by atoms with Crippen LogP contribution in [-0.2, 0) is 0 Å². The van der Waals surface area contributed by atoms with Crippen molar-refractivity contribution in [2.24, 2.45) is 16.8 Å². The summed E-state index contributed by atoms with van der Waals surface area (Å²) in [5, 5.41) is 11.3. The number of anilines is 2. The van der Waals surface area contributed by atoms with Crippen molar-refractivity contribution in [3.05, 3.63) is 58.4 Å². The molecule has 0 aliphatic rings. The van der Waals surface area contributed by atoms with Gasteiger partial charge in [0.1, 0.15) is 5.82 Å². The molecule has 0 bridgehead atoms. The molecule has 0 saturated carbocycles. The lowest BCUT2D eigenvalue weighted by molar-refractivity contribution is 0.289. The number of hydrogen-bond acceptors (Lipinski definition) is 8. The first-order chi connectivity index (χ1) is 15.0. The predicted molar refractivity (Wildman–Crippen MR) is 120 cm³/mol. The minimum atomic E-state index is -1.20. The van der Waals surface area contributed by atoms with E-state index in [4.69, 9.17) is 22.2 Å². The van der Waals surface area contributed by atoms with Gasteiger partial charge in [-0.25, -0.2) is 15.2 Å². The van der Waals surface area contributed by atoms with E-state index in [9.17, 15) is 8.78 Å². The van der Waals surface area contributed by atoms with E-state index < -0.39 is 11.6 Å². The van der Waals surface area contributed by atoms with E-state index in [1.54, 1.807) is 19.3 Å². The number of hydrazine groups is 1. The molecule has 0 unspecified atom stereocenters. The molecule has 164 valence electrons. The van der Waals surface area contributed by atoms with Crippen LogP contribution in [0.25, 0.3) is 11.1 Å². The van der Waals surface area contributed by atoms with Crippen LogP contribution in [0.4, 0.5) is 20.3 Å². The smallest absolute Gasteiger partial charge is 0.202 e. The lowest BCUT2D eigenvalue weighted by Gasteiger charge is -2.22. The number of nitrogen functional groups attached to an aromatic ring is 1. The molecule has 8 nitrogen and oxygen atoms in total. The highest BCUT2D eigenvalue weighted by Gasteiger charge is 2.23. The molecule has 3 aromatic rings. The van der Waals surface area contributed by atoms with Crippen molar-refractivity contribution in [1.29, 1.82) is 0 Å². The standard InChI is InChI=1S/C20H23F2N7OS/c1-26-6-2-7-30-16-4-3-15(17(21)18(16)22)29(25)20(28-24)14-9-13(10-27-19(14)23)12-5-8-31-11-12/h3-5,8-11,26H,2,6-7,24-25H2,1H3,(H2,23,27)/b28-20-. The number of nitrogens with two attached hydrogens (primary N) is 3. The Labute approximate surface area is 182 Å². The highest BCUT2D eigenvalue weighted by atomic mass is 32.1. The topological polar surface area (TPSA) is 128 Å². The predicted octanol–water partition coefficient (Wildman–Crippen LogP) is 2.66. The van der Waals surface area contributed by atoms with Crippen LogP contribution in [-0.4, -0.2) is 31.0 Å². The van der Waals surface area contributed by atoms with Crippen molar-refractivity contribution in [3.8, 4) is 16.9 Å². The van der Waals surface area contributed by atoms with Gasteiger partial charge in [0.15, 0.2) is 17.4 Å². The molecule has 2 heterocycles. The number of nitrogens with zero attached hydrogens (tertiary/aromatic N) is 3. The SMILES string of the molecule is CNCCCOc1ccc(N(N)/C(=N\N)c2cc(-c3ccsc3)cnc2N)c(F)c1F. The van der Waals surface area contributed by atoms with Crippen LogP contribution in [0, 0.1) is 11.6 Å².